The van der Waals surface area contributed by atoms with Crippen LogP contribution in [0, 0.1) is 0 Å². The van der Waals surface area contributed by atoms with Gasteiger partial charge in [0.2, 0.25) is 0 Å². The van der Waals surface area contributed by atoms with Crippen LogP contribution in [-0.2, 0) is 10.9 Å². The Hall–Kier alpha value is -0.920. The Labute approximate surface area is 147 Å². The normalized spacial score (nSPS) is 29.0. The summed E-state index contributed by atoms with van der Waals surface area (Å²) in [7, 11) is 0. The molecule has 0 amide bonds. The fourth-order valence-corrected chi connectivity index (χ4v) is 2.95. The van der Waals surface area contributed by atoms with E-state index in [0.29, 0.717) is 17.2 Å². The molecule has 24 heavy (non-hydrogen) atoms. The molecule has 2 rings (SSSR count). The first-order valence-corrected chi connectivity index (χ1v) is 8.39. The van der Waals surface area contributed by atoms with Gasteiger partial charge in [0.1, 0.15) is 17.8 Å². The highest BCUT2D eigenvalue weighted by atomic mass is 127. The Balaban J connectivity index is 2.38. The SMILES string of the molecule is CCC(I)C[C@H]1OC(n2cc(C(F)(F)F)c(=O)[nH]c2=O)[C@H](O)[C@@H]1O. The van der Waals surface area contributed by atoms with Gasteiger partial charge in [-0.25, -0.2) is 4.79 Å². The largest absolute Gasteiger partial charge is 0.423 e. The summed E-state index contributed by atoms with van der Waals surface area (Å²) >= 11 is 2.12. The van der Waals surface area contributed by atoms with Crippen molar-refractivity contribution in [1.82, 2.24) is 9.55 Å². The summed E-state index contributed by atoms with van der Waals surface area (Å²) in [6.07, 6.45) is -8.85. The summed E-state index contributed by atoms with van der Waals surface area (Å²) in [5, 5.41) is 20.1. The zero-order valence-corrected chi connectivity index (χ0v) is 14.6. The highest BCUT2D eigenvalue weighted by molar-refractivity contribution is 14.1. The third kappa shape index (κ3) is 3.83. The van der Waals surface area contributed by atoms with Crippen LogP contribution < -0.4 is 11.2 Å². The summed E-state index contributed by atoms with van der Waals surface area (Å²) in [6.45, 7) is 1.91. The van der Waals surface area contributed by atoms with Gasteiger partial charge in [-0.15, -0.1) is 0 Å². The van der Waals surface area contributed by atoms with Gasteiger partial charge in [-0.3, -0.25) is 14.3 Å². The van der Waals surface area contributed by atoms with E-state index in [9.17, 15) is 33.0 Å². The van der Waals surface area contributed by atoms with Crippen LogP contribution in [-0.4, -0.2) is 42.0 Å². The van der Waals surface area contributed by atoms with Crippen molar-refractivity contribution in [1.29, 1.82) is 0 Å². The second-order valence-electron chi connectivity index (χ2n) is 5.49. The number of H-pyrrole nitrogens is 1. The van der Waals surface area contributed by atoms with E-state index in [4.69, 9.17) is 4.74 Å². The average Bonchev–Trinajstić information content (AvgIpc) is 2.74. The molecule has 0 spiro atoms. The molecule has 11 heteroatoms. The van der Waals surface area contributed by atoms with Gasteiger partial charge in [0, 0.05) is 10.1 Å². The topological polar surface area (TPSA) is 105 Å². The Bertz CT molecular complexity index is 704. The van der Waals surface area contributed by atoms with Gasteiger partial charge in [-0.2, -0.15) is 13.2 Å². The fourth-order valence-electron chi connectivity index (χ4n) is 2.45. The van der Waals surface area contributed by atoms with Gasteiger partial charge < -0.3 is 14.9 Å². The fraction of sp³-hybridized carbons (Fsp3) is 0.692. The summed E-state index contributed by atoms with van der Waals surface area (Å²) < 4.78 is 44.4. The molecule has 5 atom stereocenters. The molecule has 2 unspecified atom stereocenters. The first-order chi connectivity index (χ1) is 11.1. The maximum Gasteiger partial charge on any atom is 0.423 e. The Kier molecular flexibility index (Phi) is 5.77. The average molecular weight is 464 g/mol. The number of nitrogens with zero attached hydrogens (tertiary/aromatic N) is 1. The Morgan fingerprint density at radius 2 is 2.00 bits per heavy atom. The predicted octanol–water partition coefficient (Wildman–Crippen LogP) is 0.778. The number of aromatic nitrogens is 2. The summed E-state index contributed by atoms with van der Waals surface area (Å²) in [5.74, 6) is 0. The van der Waals surface area contributed by atoms with Crippen LogP contribution in [0.2, 0.25) is 0 Å². The molecule has 1 aliphatic rings. The molecule has 1 saturated heterocycles. The molecule has 0 aromatic carbocycles. The van der Waals surface area contributed by atoms with Crippen molar-refractivity contribution >= 4 is 22.6 Å². The summed E-state index contributed by atoms with van der Waals surface area (Å²) in [6, 6.07) is 0. The van der Waals surface area contributed by atoms with Crippen molar-refractivity contribution in [3.05, 3.63) is 32.6 Å². The van der Waals surface area contributed by atoms with Crippen molar-refractivity contribution in [2.24, 2.45) is 0 Å². The molecule has 136 valence electrons. The summed E-state index contributed by atoms with van der Waals surface area (Å²) in [5.41, 5.74) is -4.32. The summed E-state index contributed by atoms with van der Waals surface area (Å²) in [4.78, 5) is 24.7. The van der Waals surface area contributed by atoms with E-state index in [0.717, 1.165) is 6.42 Å². The molecular formula is C13H16F3IN2O5. The minimum atomic E-state index is -4.97. The lowest BCUT2D eigenvalue weighted by molar-refractivity contribution is -0.139. The molecular weight excluding hydrogens is 448 g/mol. The molecule has 0 bridgehead atoms. The van der Waals surface area contributed by atoms with Crippen LogP contribution >= 0.6 is 22.6 Å². The Morgan fingerprint density at radius 1 is 1.38 bits per heavy atom. The first kappa shape index (κ1) is 19.4. The van der Waals surface area contributed by atoms with Crippen molar-refractivity contribution < 1.29 is 28.1 Å². The van der Waals surface area contributed by atoms with Crippen molar-refractivity contribution in [3.8, 4) is 0 Å². The number of halogens is 4. The van der Waals surface area contributed by atoms with Crippen LogP contribution in [0.5, 0.6) is 0 Å². The van der Waals surface area contributed by atoms with Gasteiger partial charge in [0.15, 0.2) is 6.23 Å². The van der Waals surface area contributed by atoms with Crippen molar-refractivity contribution in [3.63, 3.8) is 0 Å². The van der Waals surface area contributed by atoms with Crippen LogP contribution in [0.1, 0.15) is 31.6 Å². The lowest BCUT2D eigenvalue weighted by Crippen LogP contribution is -2.40. The Morgan fingerprint density at radius 3 is 2.54 bits per heavy atom. The van der Waals surface area contributed by atoms with Gasteiger partial charge in [0.25, 0.3) is 5.56 Å². The van der Waals surface area contributed by atoms with Gasteiger partial charge in [0.05, 0.1) is 6.10 Å². The standard InChI is InChI=1S/C13H16F3IN2O5/c1-2-5(17)3-7-8(20)9(21)11(24-7)19-4-6(13(14,15)16)10(22)18-12(19)23/h4-5,7-9,11,20-21H,2-3H2,1H3,(H,18,22,23)/t5?,7-,8-,9-,11?/m1/s1. The van der Waals surface area contributed by atoms with E-state index in [1.54, 1.807) is 4.98 Å². The van der Waals surface area contributed by atoms with E-state index in [1.165, 1.54) is 0 Å². The van der Waals surface area contributed by atoms with E-state index in [2.05, 4.69) is 22.6 Å². The van der Waals surface area contributed by atoms with Gasteiger partial charge in [-0.05, 0) is 12.8 Å². The predicted molar refractivity (Wildman–Crippen MR) is 85.0 cm³/mol. The number of hydrogen-bond donors (Lipinski definition) is 3. The molecule has 0 radical (unpaired) electrons. The molecule has 3 N–H and O–H groups in total. The molecule has 1 aromatic heterocycles. The zero-order valence-electron chi connectivity index (χ0n) is 12.5. The minimum absolute atomic E-state index is 0.117. The lowest BCUT2D eigenvalue weighted by atomic mass is 10.1. The van der Waals surface area contributed by atoms with Crippen molar-refractivity contribution in [2.45, 2.75) is 54.4 Å². The number of nitrogens with one attached hydrogen (secondary N) is 1. The number of hydrogen-bond acceptors (Lipinski definition) is 5. The van der Waals surface area contributed by atoms with Crippen LogP contribution in [0.4, 0.5) is 13.2 Å². The third-order valence-corrected chi connectivity index (χ3v) is 5.20. The highest BCUT2D eigenvalue weighted by Crippen LogP contribution is 2.33. The van der Waals surface area contributed by atoms with Gasteiger partial charge >= 0.3 is 11.9 Å². The number of alkyl halides is 4. The smallest absolute Gasteiger partial charge is 0.388 e. The van der Waals surface area contributed by atoms with Gasteiger partial charge in [-0.1, -0.05) is 29.5 Å². The van der Waals surface area contributed by atoms with E-state index in [1.807, 2.05) is 6.92 Å². The molecule has 0 aliphatic carbocycles. The lowest BCUT2D eigenvalue weighted by Gasteiger charge is -2.19. The maximum atomic E-state index is 12.8. The molecule has 2 heterocycles. The molecule has 7 nitrogen and oxygen atoms in total. The van der Waals surface area contributed by atoms with Crippen LogP contribution in [0.25, 0.3) is 0 Å². The molecule has 1 fully saturated rings. The number of aromatic amines is 1. The monoisotopic (exact) mass is 464 g/mol. The maximum absolute atomic E-state index is 12.8. The number of aliphatic hydroxyl groups is 2. The molecule has 1 aromatic rings. The molecule has 1 aliphatic heterocycles. The quantitative estimate of drug-likeness (QED) is 0.452. The minimum Gasteiger partial charge on any atom is -0.388 e. The van der Waals surface area contributed by atoms with Crippen molar-refractivity contribution in [2.75, 3.05) is 0 Å². The first-order valence-electron chi connectivity index (χ1n) is 7.14. The zero-order chi connectivity index (χ0) is 18.2. The highest BCUT2D eigenvalue weighted by Gasteiger charge is 2.45. The third-order valence-electron chi connectivity index (χ3n) is 3.82. The van der Waals surface area contributed by atoms with Crippen LogP contribution in [0.3, 0.4) is 0 Å². The van der Waals surface area contributed by atoms with E-state index in [-0.39, 0.29) is 3.92 Å². The van der Waals surface area contributed by atoms with E-state index < -0.39 is 47.5 Å². The van der Waals surface area contributed by atoms with E-state index >= 15 is 0 Å². The second kappa shape index (κ2) is 7.14. The number of ether oxygens (including phenoxy) is 1. The molecule has 0 saturated carbocycles. The van der Waals surface area contributed by atoms with Crippen LogP contribution in [0.15, 0.2) is 15.8 Å². The second-order valence-corrected chi connectivity index (χ2v) is 7.26. The number of rotatable bonds is 4. The number of aliphatic hydroxyl groups excluding tert-OH is 2.